The van der Waals surface area contributed by atoms with Gasteiger partial charge in [-0.3, -0.25) is 0 Å². The van der Waals surface area contributed by atoms with E-state index in [0.717, 1.165) is 30.5 Å². The van der Waals surface area contributed by atoms with Crippen LogP contribution in [0.1, 0.15) is 36.8 Å². The first kappa shape index (κ1) is 31.1. The van der Waals surface area contributed by atoms with Crippen LogP contribution in [0.3, 0.4) is 0 Å². The summed E-state index contributed by atoms with van der Waals surface area (Å²) in [6.45, 7) is 3.05. The monoisotopic (exact) mass is 600 g/mol. The van der Waals surface area contributed by atoms with E-state index in [2.05, 4.69) is 20.4 Å². The lowest BCUT2D eigenvalue weighted by atomic mass is 10.0. The third-order valence-corrected chi connectivity index (χ3v) is 7.14. The highest BCUT2D eigenvalue weighted by atomic mass is 32.2. The molecule has 1 aliphatic heterocycles. The van der Waals surface area contributed by atoms with Crippen LogP contribution in [0, 0.1) is 6.92 Å². The van der Waals surface area contributed by atoms with E-state index in [1.807, 2.05) is 42.7 Å². The number of methoxy groups -OCH3 is 3. The highest BCUT2D eigenvalue weighted by Gasteiger charge is 2.25. The first-order chi connectivity index (χ1) is 20.4. The normalized spacial score (nSPS) is 16.0. The number of aryl methyl sites for hydroxylation is 1. The van der Waals surface area contributed by atoms with Crippen LogP contribution in [-0.2, 0) is 14.2 Å². The summed E-state index contributed by atoms with van der Waals surface area (Å²) in [4.78, 5) is 20.7. The van der Waals surface area contributed by atoms with Crippen molar-refractivity contribution in [2.45, 2.75) is 38.5 Å². The highest BCUT2D eigenvalue weighted by Crippen LogP contribution is 2.41. The number of thioether (sulfide) groups is 1. The number of aromatic nitrogens is 2. The number of hydrogen-bond donors (Lipinski definition) is 1. The van der Waals surface area contributed by atoms with Gasteiger partial charge < -0.3 is 38.3 Å². The molecule has 1 N–H and O–H groups in total. The molecule has 2 aromatic carbocycles. The summed E-state index contributed by atoms with van der Waals surface area (Å²) in [5, 5.41) is 7.91. The largest absolute Gasteiger partial charge is 0.493 e. The fourth-order valence-corrected chi connectivity index (χ4v) is 4.94. The van der Waals surface area contributed by atoms with Crippen molar-refractivity contribution in [3.05, 3.63) is 47.9 Å². The lowest BCUT2D eigenvalue weighted by Gasteiger charge is -2.24. The van der Waals surface area contributed by atoms with E-state index in [9.17, 15) is 4.79 Å². The Labute approximate surface area is 249 Å². The van der Waals surface area contributed by atoms with Gasteiger partial charge in [0, 0.05) is 24.8 Å². The van der Waals surface area contributed by atoms with Gasteiger partial charge in [0.15, 0.2) is 17.8 Å². The second-order valence-electron chi connectivity index (χ2n) is 9.19. The Morgan fingerprint density at radius 3 is 2.52 bits per heavy atom. The average molecular weight is 601 g/mol. The number of amides is 1. The van der Waals surface area contributed by atoms with Gasteiger partial charge in [0.25, 0.3) is 0 Å². The van der Waals surface area contributed by atoms with Crippen molar-refractivity contribution in [3.63, 3.8) is 0 Å². The second-order valence-corrected chi connectivity index (χ2v) is 10.0. The summed E-state index contributed by atoms with van der Waals surface area (Å²) in [6, 6.07) is 10.6. The molecule has 3 aromatic rings. The Balaban J connectivity index is 1.62. The molecule has 0 bridgehead atoms. The van der Waals surface area contributed by atoms with Crippen LogP contribution in [0.15, 0.2) is 45.9 Å². The molecule has 13 heteroatoms. The number of anilines is 1. The minimum atomic E-state index is -0.715. The van der Waals surface area contributed by atoms with Crippen molar-refractivity contribution >= 4 is 28.6 Å². The van der Waals surface area contributed by atoms with Crippen LogP contribution in [0.25, 0.3) is 11.4 Å². The van der Waals surface area contributed by atoms with Gasteiger partial charge in [-0.15, -0.1) is 11.8 Å². The summed E-state index contributed by atoms with van der Waals surface area (Å²) >= 11 is 1.31. The molecular weight excluding hydrogens is 564 g/mol. The van der Waals surface area contributed by atoms with Crippen LogP contribution < -0.4 is 19.5 Å². The molecule has 0 spiro atoms. The lowest BCUT2D eigenvalue weighted by Crippen LogP contribution is -2.24. The maximum absolute atomic E-state index is 12.2. The average Bonchev–Trinajstić information content (AvgIpc) is 3.47. The van der Waals surface area contributed by atoms with Gasteiger partial charge in [0.2, 0.25) is 17.5 Å². The van der Waals surface area contributed by atoms with Gasteiger partial charge in [-0.1, -0.05) is 5.16 Å². The zero-order valence-corrected chi connectivity index (χ0v) is 25.2. The number of nitrogens with zero attached hydrogens (tertiary/aromatic N) is 3. The van der Waals surface area contributed by atoms with E-state index < -0.39 is 12.1 Å². The van der Waals surface area contributed by atoms with Crippen molar-refractivity contribution in [3.8, 4) is 28.6 Å². The minimum Gasteiger partial charge on any atom is -0.493 e. The minimum absolute atomic E-state index is 0.215. The quantitative estimate of drug-likeness (QED) is 0.156. The number of carbonyl (C=O) groups excluding carboxylic acids is 1. The number of carbonyl (C=O) groups is 1. The van der Waals surface area contributed by atoms with Crippen LogP contribution in [-0.4, -0.2) is 75.0 Å². The van der Waals surface area contributed by atoms with E-state index >= 15 is 0 Å². The molecule has 42 heavy (non-hydrogen) atoms. The number of rotatable bonds is 12. The van der Waals surface area contributed by atoms with Gasteiger partial charge in [-0.25, -0.2) is 4.79 Å². The lowest BCUT2D eigenvalue weighted by molar-refractivity contribution is -0.165. The van der Waals surface area contributed by atoms with E-state index in [-0.39, 0.29) is 12.9 Å². The first-order valence-electron chi connectivity index (χ1n) is 13.5. The number of benzene rings is 2. The Bertz CT molecular complexity index is 1340. The molecule has 226 valence electrons. The summed E-state index contributed by atoms with van der Waals surface area (Å²) in [5.41, 5.74) is 2.27. The molecule has 2 unspecified atom stereocenters. The smallest absolute Gasteiger partial charge is 0.434 e. The topological polar surface area (TPSA) is 136 Å². The van der Waals surface area contributed by atoms with Gasteiger partial charge in [-0.2, -0.15) is 9.98 Å². The molecule has 12 nitrogen and oxygen atoms in total. The summed E-state index contributed by atoms with van der Waals surface area (Å²) in [6.07, 6.45) is 3.90. The van der Waals surface area contributed by atoms with Crippen molar-refractivity contribution in [1.82, 2.24) is 10.1 Å². The van der Waals surface area contributed by atoms with E-state index in [1.165, 1.54) is 18.9 Å². The standard InChI is InChI=1S/C29H36N4O8S/c1-18-30-27(33-41-18)19-9-11-21(12-10-19)31-25(28(42-5)32-29(34)37-4)20-16-22(35-2)26(36-3)23(17-20)38-14-15-40-24-8-6-7-13-39-24/h9-12,16-17,24-25,31H,6-8,13-15H2,1-5H3. The van der Waals surface area contributed by atoms with Gasteiger partial charge in [-0.05, 0) is 67.5 Å². The molecule has 2 atom stereocenters. The molecule has 1 fully saturated rings. The summed E-state index contributed by atoms with van der Waals surface area (Å²) < 4.78 is 38.8. The maximum Gasteiger partial charge on any atom is 0.434 e. The highest BCUT2D eigenvalue weighted by molar-refractivity contribution is 8.13. The van der Waals surface area contributed by atoms with Crippen molar-refractivity contribution < 1.29 is 37.7 Å². The number of hydrogen-bond acceptors (Lipinski definition) is 12. The van der Waals surface area contributed by atoms with Crippen molar-refractivity contribution in [1.29, 1.82) is 0 Å². The van der Waals surface area contributed by atoms with E-state index in [4.69, 9.17) is 32.9 Å². The number of nitrogens with one attached hydrogen (secondary N) is 1. The molecule has 1 aliphatic rings. The zero-order chi connectivity index (χ0) is 29.9. The molecule has 0 aliphatic carbocycles. The molecule has 1 amide bonds. The van der Waals surface area contributed by atoms with Crippen LogP contribution in [0.2, 0.25) is 0 Å². The Morgan fingerprint density at radius 2 is 1.90 bits per heavy atom. The van der Waals surface area contributed by atoms with Crippen LogP contribution in [0.4, 0.5) is 10.5 Å². The fourth-order valence-electron chi connectivity index (χ4n) is 4.35. The number of ether oxygens (including phenoxy) is 6. The third-order valence-electron chi connectivity index (χ3n) is 6.40. The molecule has 1 saturated heterocycles. The van der Waals surface area contributed by atoms with E-state index in [1.54, 1.807) is 21.1 Å². The first-order valence-corrected chi connectivity index (χ1v) is 14.7. The molecule has 4 rings (SSSR count). The van der Waals surface area contributed by atoms with Gasteiger partial charge >= 0.3 is 6.09 Å². The van der Waals surface area contributed by atoms with Crippen LogP contribution >= 0.6 is 11.8 Å². The molecular formula is C29H36N4O8S. The Morgan fingerprint density at radius 1 is 1.12 bits per heavy atom. The third kappa shape index (κ3) is 8.14. The van der Waals surface area contributed by atoms with Crippen LogP contribution in [0.5, 0.6) is 17.2 Å². The molecule has 2 heterocycles. The summed E-state index contributed by atoms with van der Waals surface area (Å²) in [5.74, 6) is 2.32. The SMILES string of the molecule is COC(=O)N=C(SC)C(Nc1ccc(-c2noc(C)n2)cc1)c1cc(OC)c(OC)c(OCCOC2CCCCO2)c1. The van der Waals surface area contributed by atoms with Crippen molar-refractivity contribution in [2.75, 3.05) is 52.7 Å². The number of aliphatic imine (C=N–C) groups is 1. The predicted molar refractivity (Wildman–Crippen MR) is 159 cm³/mol. The van der Waals surface area contributed by atoms with E-state index in [0.29, 0.717) is 52.8 Å². The second kappa shape index (κ2) is 15.4. The molecule has 0 saturated carbocycles. The fraction of sp³-hybridized carbons (Fsp3) is 0.448. The Hall–Kier alpha value is -3.81. The molecule has 1 aromatic heterocycles. The van der Waals surface area contributed by atoms with Gasteiger partial charge in [0.1, 0.15) is 17.7 Å². The predicted octanol–water partition coefficient (Wildman–Crippen LogP) is 5.67. The molecule has 0 radical (unpaired) electrons. The summed E-state index contributed by atoms with van der Waals surface area (Å²) in [7, 11) is 4.38. The zero-order valence-electron chi connectivity index (χ0n) is 24.4. The maximum atomic E-state index is 12.2. The Kier molecular flexibility index (Phi) is 11.4. The van der Waals surface area contributed by atoms with Crippen molar-refractivity contribution in [2.24, 2.45) is 4.99 Å². The van der Waals surface area contributed by atoms with Gasteiger partial charge in [0.05, 0.1) is 27.9 Å².